The topological polar surface area (TPSA) is 29.0 Å². The lowest BCUT2D eigenvalue weighted by molar-refractivity contribution is -0.141. The van der Waals surface area contributed by atoms with E-state index in [0.717, 1.165) is 23.5 Å². The van der Waals surface area contributed by atoms with Gasteiger partial charge in [0, 0.05) is 18.8 Å². The van der Waals surface area contributed by atoms with Crippen molar-refractivity contribution in [1.29, 1.82) is 0 Å². The number of anilines is 2. The van der Waals surface area contributed by atoms with Gasteiger partial charge in [-0.2, -0.15) is 13.2 Å². The molecule has 7 heteroatoms. The fraction of sp³-hybridized carbons (Fsp3) is 0.231. The quantitative estimate of drug-likeness (QED) is 0.633. The number of thioether (sulfide) groups is 1. The number of nitrogens with zero attached hydrogens (tertiary/aromatic N) is 3. The van der Waals surface area contributed by atoms with Crippen molar-refractivity contribution in [1.82, 2.24) is 9.97 Å². The van der Waals surface area contributed by atoms with Crippen molar-refractivity contribution in [2.75, 3.05) is 18.2 Å². The van der Waals surface area contributed by atoms with Crippen molar-refractivity contribution in [2.24, 2.45) is 0 Å². The summed E-state index contributed by atoms with van der Waals surface area (Å²) in [6.07, 6.45) is -2.85. The van der Waals surface area contributed by atoms with E-state index in [1.807, 2.05) is 18.2 Å². The summed E-state index contributed by atoms with van der Waals surface area (Å²) in [6.45, 7) is 0. The summed E-state index contributed by atoms with van der Waals surface area (Å²) in [6, 6.07) is 10.0. The molecule has 3 nitrogen and oxygen atoms in total. The van der Waals surface area contributed by atoms with Crippen LogP contribution in [0.3, 0.4) is 0 Å². The Balaban J connectivity index is 2.46. The van der Waals surface area contributed by atoms with Crippen molar-refractivity contribution in [3.05, 3.63) is 42.1 Å². The first kappa shape index (κ1) is 14.6. The number of halogens is 3. The second kappa shape index (κ2) is 5.70. The Bertz CT molecular complexity index is 587. The number of hydrogen-bond acceptors (Lipinski definition) is 4. The van der Waals surface area contributed by atoms with Crippen molar-refractivity contribution in [3.63, 3.8) is 0 Å². The highest BCUT2D eigenvalue weighted by atomic mass is 32.2. The molecule has 0 unspecified atom stereocenters. The average Bonchev–Trinajstić information content (AvgIpc) is 2.46. The van der Waals surface area contributed by atoms with Crippen molar-refractivity contribution >= 4 is 23.3 Å². The highest BCUT2D eigenvalue weighted by Crippen LogP contribution is 2.32. The monoisotopic (exact) mass is 299 g/mol. The van der Waals surface area contributed by atoms with Crippen LogP contribution in [0.2, 0.25) is 0 Å². The minimum Gasteiger partial charge on any atom is -0.329 e. The molecule has 0 radical (unpaired) electrons. The lowest BCUT2D eigenvalue weighted by atomic mass is 10.3. The fourth-order valence-corrected chi connectivity index (χ4v) is 1.98. The van der Waals surface area contributed by atoms with Gasteiger partial charge in [0.05, 0.1) is 0 Å². The molecule has 1 heterocycles. The molecule has 0 atom stereocenters. The van der Waals surface area contributed by atoms with E-state index in [9.17, 15) is 13.2 Å². The van der Waals surface area contributed by atoms with Crippen LogP contribution in [0, 0.1) is 0 Å². The first-order valence-electron chi connectivity index (χ1n) is 5.71. The Kier molecular flexibility index (Phi) is 4.17. The summed E-state index contributed by atoms with van der Waals surface area (Å²) in [5, 5.41) is 0.0950. The minimum absolute atomic E-state index is 0.0950. The van der Waals surface area contributed by atoms with Gasteiger partial charge in [0.1, 0.15) is 5.82 Å². The van der Waals surface area contributed by atoms with Crippen LogP contribution in [-0.2, 0) is 6.18 Å². The van der Waals surface area contributed by atoms with Crippen LogP contribution in [0.15, 0.2) is 41.6 Å². The number of benzene rings is 1. The van der Waals surface area contributed by atoms with Gasteiger partial charge in [-0.3, -0.25) is 0 Å². The smallest absolute Gasteiger partial charge is 0.329 e. The molecule has 0 aliphatic heterocycles. The van der Waals surface area contributed by atoms with E-state index in [0.29, 0.717) is 0 Å². The molecule has 0 N–H and O–H groups in total. The predicted octanol–water partition coefficient (Wildman–Crippen LogP) is 3.99. The normalized spacial score (nSPS) is 11.4. The van der Waals surface area contributed by atoms with Crippen molar-refractivity contribution < 1.29 is 13.2 Å². The Hall–Kier alpha value is -1.76. The molecular formula is C13H12F3N3S. The van der Waals surface area contributed by atoms with E-state index >= 15 is 0 Å². The van der Waals surface area contributed by atoms with Gasteiger partial charge >= 0.3 is 6.18 Å². The van der Waals surface area contributed by atoms with Gasteiger partial charge < -0.3 is 4.90 Å². The van der Waals surface area contributed by atoms with Crippen molar-refractivity contribution in [2.45, 2.75) is 11.3 Å². The zero-order valence-corrected chi connectivity index (χ0v) is 11.7. The highest BCUT2D eigenvalue weighted by Gasteiger charge is 2.34. The molecule has 0 bridgehead atoms. The third-order valence-corrected chi connectivity index (χ3v) is 3.20. The molecule has 2 rings (SSSR count). The molecule has 0 fully saturated rings. The maximum absolute atomic E-state index is 12.8. The summed E-state index contributed by atoms with van der Waals surface area (Å²) in [5.41, 5.74) is -0.180. The summed E-state index contributed by atoms with van der Waals surface area (Å²) < 4.78 is 38.5. The SMILES string of the molecule is CSc1nc(N(C)c2ccccc2)cc(C(F)(F)F)n1. The van der Waals surface area contributed by atoms with Crippen LogP contribution in [0.4, 0.5) is 24.7 Å². The lowest BCUT2D eigenvalue weighted by Gasteiger charge is -2.19. The molecule has 0 saturated carbocycles. The third kappa shape index (κ3) is 3.22. The highest BCUT2D eigenvalue weighted by molar-refractivity contribution is 7.98. The van der Waals surface area contributed by atoms with Crippen LogP contribution in [0.1, 0.15) is 5.69 Å². The molecule has 0 spiro atoms. The van der Waals surface area contributed by atoms with E-state index in [2.05, 4.69) is 9.97 Å². The molecule has 0 saturated heterocycles. The summed E-state index contributed by atoms with van der Waals surface area (Å²) in [7, 11) is 1.67. The van der Waals surface area contributed by atoms with E-state index in [1.165, 1.54) is 0 Å². The number of rotatable bonds is 3. The molecule has 0 aliphatic rings. The Morgan fingerprint density at radius 1 is 1.10 bits per heavy atom. The van der Waals surface area contributed by atoms with Crippen LogP contribution >= 0.6 is 11.8 Å². The Labute approximate surface area is 118 Å². The predicted molar refractivity (Wildman–Crippen MR) is 73.3 cm³/mol. The number of para-hydroxylation sites is 1. The largest absolute Gasteiger partial charge is 0.433 e. The standard InChI is InChI=1S/C13H12F3N3S/c1-19(9-6-4-3-5-7-9)11-8-10(13(14,15)16)17-12(18-11)20-2/h3-8H,1-2H3. The number of alkyl halides is 3. The van der Waals surface area contributed by atoms with Crippen LogP contribution < -0.4 is 4.90 Å². The van der Waals surface area contributed by atoms with E-state index in [1.54, 1.807) is 30.3 Å². The van der Waals surface area contributed by atoms with Gasteiger partial charge in [0.25, 0.3) is 0 Å². The van der Waals surface area contributed by atoms with Gasteiger partial charge in [-0.25, -0.2) is 9.97 Å². The Morgan fingerprint density at radius 3 is 2.30 bits per heavy atom. The van der Waals surface area contributed by atoms with Gasteiger partial charge in [-0.15, -0.1) is 0 Å². The second-order valence-electron chi connectivity index (χ2n) is 3.99. The average molecular weight is 299 g/mol. The first-order chi connectivity index (χ1) is 9.41. The zero-order chi connectivity index (χ0) is 14.8. The van der Waals surface area contributed by atoms with E-state index in [-0.39, 0.29) is 11.0 Å². The molecule has 2 aromatic rings. The van der Waals surface area contributed by atoms with Crippen molar-refractivity contribution in [3.8, 4) is 0 Å². The number of hydrogen-bond donors (Lipinski definition) is 0. The van der Waals surface area contributed by atoms with Crippen LogP contribution in [-0.4, -0.2) is 23.3 Å². The summed E-state index contributed by atoms with van der Waals surface area (Å²) in [5.74, 6) is 0.211. The molecule has 20 heavy (non-hydrogen) atoms. The number of aromatic nitrogens is 2. The zero-order valence-electron chi connectivity index (χ0n) is 10.8. The van der Waals surface area contributed by atoms with E-state index < -0.39 is 11.9 Å². The maximum Gasteiger partial charge on any atom is 0.433 e. The molecule has 0 amide bonds. The fourth-order valence-electron chi connectivity index (χ4n) is 1.61. The third-order valence-electron chi connectivity index (χ3n) is 2.65. The van der Waals surface area contributed by atoms with Crippen LogP contribution in [0.5, 0.6) is 0 Å². The molecule has 106 valence electrons. The molecule has 0 aliphatic carbocycles. The molecule has 1 aromatic heterocycles. The maximum atomic E-state index is 12.8. The van der Waals surface area contributed by atoms with Crippen LogP contribution in [0.25, 0.3) is 0 Å². The summed E-state index contributed by atoms with van der Waals surface area (Å²) in [4.78, 5) is 9.21. The van der Waals surface area contributed by atoms with Gasteiger partial charge in [-0.05, 0) is 18.4 Å². The van der Waals surface area contributed by atoms with Gasteiger partial charge in [0.15, 0.2) is 10.9 Å². The first-order valence-corrected chi connectivity index (χ1v) is 6.93. The molecule has 1 aromatic carbocycles. The van der Waals surface area contributed by atoms with Gasteiger partial charge in [-0.1, -0.05) is 30.0 Å². The second-order valence-corrected chi connectivity index (χ2v) is 4.76. The minimum atomic E-state index is -4.49. The Morgan fingerprint density at radius 2 is 1.75 bits per heavy atom. The van der Waals surface area contributed by atoms with Gasteiger partial charge in [0.2, 0.25) is 0 Å². The van der Waals surface area contributed by atoms with E-state index in [4.69, 9.17) is 0 Å². The molecular weight excluding hydrogens is 287 g/mol. The summed E-state index contributed by atoms with van der Waals surface area (Å²) >= 11 is 1.08. The lowest BCUT2D eigenvalue weighted by Crippen LogP contribution is -2.16.